The average molecular weight is 493 g/mol. The molecular weight excluding hydrogens is 460 g/mol. The number of aliphatic hydroxyl groups is 2. The van der Waals surface area contributed by atoms with E-state index >= 15 is 0 Å². The van der Waals surface area contributed by atoms with Gasteiger partial charge in [0.1, 0.15) is 23.2 Å². The minimum atomic E-state index is -1.09. The van der Waals surface area contributed by atoms with E-state index in [1.165, 1.54) is 11.8 Å². The molecule has 0 saturated carbocycles. The zero-order chi connectivity index (χ0) is 24.7. The third kappa shape index (κ3) is 5.77. The third-order valence-corrected chi connectivity index (χ3v) is 7.04. The first kappa shape index (κ1) is 25.4. The van der Waals surface area contributed by atoms with Gasteiger partial charge in [-0.3, -0.25) is 4.99 Å². The second-order valence-electron chi connectivity index (χ2n) is 8.42. The van der Waals surface area contributed by atoms with E-state index < -0.39 is 29.3 Å². The van der Waals surface area contributed by atoms with Gasteiger partial charge in [-0.1, -0.05) is 103 Å². The SMILES string of the molecule is CCN=C(N)S[C@@H]1CC(O)[C@H](O)C(COC(c2ccccc2)(c2ccccc2)c2ccccc2)O1. The van der Waals surface area contributed by atoms with E-state index in [0.29, 0.717) is 11.7 Å². The van der Waals surface area contributed by atoms with E-state index in [1.54, 1.807) is 0 Å². The van der Waals surface area contributed by atoms with Crippen molar-refractivity contribution >= 4 is 16.9 Å². The second-order valence-corrected chi connectivity index (χ2v) is 9.60. The van der Waals surface area contributed by atoms with Gasteiger partial charge in [0, 0.05) is 13.0 Å². The lowest BCUT2D eigenvalue weighted by Gasteiger charge is -2.40. The summed E-state index contributed by atoms with van der Waals surface area (Å²) in [6.45, 7) is 2.52. The van der Waals surface area contributed by atoms with Crippen molar-refractivity contribution in [2.45, 2.75) is 42.7 Å². The first-order valence-electron chi connectivity index (χ1n) is 11.8. The highest BCUT2D eigenvalue weighted by Crippen LogP contribution is 2.41. The van der Waals surface area contributed by atoms with Gasteiger partial charge in [-0.05, 0) is 23.6 Å². The van der Waals surface area contributed by atoms with Crippen molar-refractivity contribution in [3.63, 3.8) is 0 Å². The highest BCUT2D eigenvalue weighted by Gasteiger charge is 2.42. The van der Waals surface area contributed by atoms with Crippen LogP contribution in [0.4, 0.5) is 0 Å². The summed E-state index contributed by atoms with van der Waals surface area (Å²) >= 11 is 1.26. The summed E-state index contributed by atoms with van der Waals surface area (Å²) in [7, 11) is 0. The van der Waals surface area contributed by atoms with Crippen LogP contribution in [-0.4, -0.2) is 52.3 Å². The van der Waals surface area contributed by atoms with Gasteiger partial charge < -0.3 is 25.4 Å². The van der Waals surface area contributed by atoms with Crippen LogP contribution in [0.3, 0.4) is 0 Å². The van der Waals surface area contributed by atoms with E-state index in [-0.39, 0.29) is 13.0 Å². The van der Waals surface area contributed by atoms with Crippen LogP contribution in [0.25, 0.3) is 0 Å². The molecule has 7 heteroatoms. The largest absolute Gasteiger partial charge is 0.390 e. The molecule has 1 heterocycles. The molecule has 6 nitrogen and oxygen atoms in total. The summed E-state index contributed by atoms with van der Waals surface area (Å²) < 4.78 is 12.9. The van der Waals surface area contributed by atoms with Gasteiger partial charge in [0.25, 0.3) is 0 Å². The number of nitrogens with two attached hydrogens (primary N) is 1. The summed E-state index contributed by atoms with van der Waals surface area (Å²) in [5.41, 5.74) is 7.45. The van der Waals surface area contributed by atoms with Gasteiger partial charge in [-0.15, -0.1) is 0 Å². The Hall–Kier alpha value is -2.68. The molecule has 0 amide bonds. The van der Waals surface area contributed by atoms with Crippen LogP contribution in [0.2, 0.25) is 0 Å². The quantitative estimate of drug-likeness (QED) is 0.251. The summed E-state index contributed by atoms with van der Waals surface area (Å²) in [6, 6.07) is 30.0. The zero-order valence-corrected chi connectivity index (χ0v) is 20.6. The number of hydrogen-bond donors (Lipinski definition) is 3. The van der Waals surface area contributed by atoms with Crippen LogP contribution in [0, 0.1) is 0 Å². The van der Waals surface area contributed by atoms with Crippen molar-refractivity contribution in [2.24, 2.45) is 10.7 Å². The molecule has 1 aliphatic heterocycles. The fourth-order valence-corrected chi connectivity index (χ4v) is 5.40. The number of rotatable bonds is 8. The van der Waals surface area contributed by atoms with Gasteiger partial charge in [0.05, 0.1) is 12.7 Å². The van der Waals surface area contributed by atoms with Gasteiger partial charge in [0.15, 0.2) is 5.17 Å². The monoisotopic (exact) mass is 492 g/mol. The van der Waals surface area contributed by atoms with Crippen molar-refractivity contribution in [1.29, 1.82) is 0 Å². The number of nitrogens with zero attached hydrogens (tertiary/aromatic N) is 1. The predicted molar refractivity (Wildman–Crippen MR) is 140 cm³/mol. The predicted octanol–water partition coefficient (Wildman–Crippen LogP) is 3.90. The van der Waals surface area contributed by atoms with Crippen LogP contribution >= 0.6 is 11.8 Å². The van der Waals surface area contributed by atoms with Crippen molar-refractivity contribution in [3.8, 4) is 0 Å². The molecule has 0 aromatic heterocycles. The van der Waals surface area contributed by atoms with Gasteiger partial charge in [-0.2, -0.15) is 0 Å². The van der Waals surface area contributed by atoms with Crippen LogP contribution in [0.1, 0.15) is 30.0 Å². The molecule has 4 rings (SSSR count). The molecule has 0 radical (unpaired) electrons. The Kier molecular flexibility index (Phi) is 8.59. The number of amidine groups is 1. The minimum Gasteiger partial charge on any atom is -0.390 e. The molecule has 4 atom stereocenters. The Bertz CT molecular complexity index is 985. The molecule has 0 spiro atoms. The number of benzene rings is 3. The van der Waals surface area contributed by atoms with Gasteiger partial charge in [-0.25, -0.2) is 0 Å². The van der Waals surface area contributed by atoms with Crippen molar-refractivity contribution < 1.29 is 19.7 Å². The minimum absolute atomic E-state index is 0.0544. The molecule has 1 saturated heterocycles. The van der Waals surface area contributed by atoms with Crippen molar-refractivity contribution in [1.82, 2.24) is 0 Å². The Balaban J connectivity index is 1.69. The van der Waals surface area contributed by atoms with Crippen molar-refractivity contribution in [3.05, 3.63) is 108 Å². The maximum atomic E-state index is 10.8. The number of hydrogen-bond acceptors (Lipinski definition) is 6. The second kappa shape index (κ2) is 11.8. The summed E-state index contributed by atoms with van der Waals surface area (Å²) in [6.07, 6.45) is -2.54. The van der Waals surface area contributed by atoms with Crippen LogP contribution in [0.5, 0.6) is 0 Å². The van der Waals surface area contributed by atoms with E-state index in [9.17, 15) is 10.2 Å². The number of thioether (sulfide) groups is 1. The molecule has 1 aliphatic rings. The maximum absolute atomic E-state index is 10.8. The maximum Gasteiger partial charge on any atom is 0.156 e. The topological polar surface area (TPSA) is 97.3 Å². The molecule has 184 valence electrons. The summed E-state index contributed by atoms with van der Waals surface area (Å²) in [5, 5.41) is 21.7. The number of aliphatic imine (C=N–C) groups is 1. The zero-order valence-electron chi connectivity index (χ0n) is 19.7. The Labute approximate surface area is 210 Å². The fourth-order valence-electron chi connectivity index (χ4n) is 4.43. The third-order valence-electron chi connectivity index (χ3n) is 6.11. The normalized spacial score (nSPS) is 23.2. The Morgan fingerprint density at radius 1 is 0.943 bits per heavy atom. The highest BCUT2D eigenvalue weighted by atomic mass is 32.2. The first-order valence-corrected chi connectivity index (χ1v) is 12.7. The molecule has 3 aromatic rings. The lowest BCUT2D eigenvalue weighted by Crippen LogP contribution is -2.51. The van der Waals surface area contributed by atoms with Crippen LogP contribution < -0.4 is 5.73 Å². The van der Waals surface area contributed by atoms with E-state index in [1.807, 2.05) is 97.9 Å². The summed E-state index contributed by atoms with van der Waals surface area (Å²) in [5.74, 6) is 0. The molecule has 2 unspecified atom stereocenters. The molecule has 3 aromatic carbocycles. The molecular formula is C28H32N2O4S. The highest BCUT2D eigenvalue weighted by molar-refractivity contribution is 8.14. The molecule has 0 aliphatic carbocycles. The van der Waals surface area contributed by atoms with Crippen LogP contribution in [-0.2, 0) is 15.1 Å². The molecule has 35 heavy (non-hydrogen) atoms. The molecule has 4 N–H and O–H groups in total. The van der Waals surface area contributed by atoms with Gasteiger partial charge >= 0.3 is 0 Å². The Morgan fingerprint density at radius 3 is 1.89 bits per heavy atom. The smallest absolute Gasteiger partial charge is 0.156 e. The van der Waals surface area contributed by atoms with E-state index in [4.69, 9.17) is 15.2 Å². The van der Waals surface area contributed by atoms with E-state index in [0.717, 1.165) is 16.7 Å². The fraction of sp³-hybridized carbons (Fsp3) is 0.321. The average Bonchev–Trinajstić information content (AvgIpc) is 2.89. The molecule has 0 bridgehead atoms. The van der Waals surface area contributed by atoms with Gasteiger partial charge in [0.2, 0.25) is 0 Å². The summed E-state index contributed by atoms with van der Waals surface area (Å²) in [4.78, 5) is 4.19. The number of ether oxygens (including phenoxy) is 2. The Morgan fingerprint density at radius 2 is 1.43 bits per heavy atom. The lowest BCUT2D eigenvalue weighted by molar-refractivity contribution is -0.175. The first-order chi connectivity index (χ1) is 17.0. The van der Waals surface area contributed by atoms with Crippen LogP contribution in [0.15, 0.2) is 96.0 Å². The van der Waals surface area contributed by atoms with E-state index in [2.05, 4.69) is 4.99 Å². The number of aliphatic hydroxyl groups excluding tert-OH is 2. The molecule has 1 fully saturated rings. The standard InChI is InChI=1S/C28H32N2O4S/c1-2-30-27(29)35-25-18-23(31)26(32)24(34-25)19-33-28(20-12-6-3-7-13-20,21-14-8-4-9-15-21)22-16-10-5-11-17-22/h3-17,23-26,31-32H,2,18-19H2,1H3,(H2,29,30)/t23?,24?,25-,26+/m1/s1. The van der Waals surface area contributed by atoms with Crippen molar-refractivity contribution in [2.75, 3.05) is 13.2 Å². The lowest BCUT2D eigenvalue weighted by atomic mass is 9.80.